The largest absolute Gasteiger partial charge is 0.469 e. The minimum Gasteiger partial charge on any atom is -0.469 e. The van der Waals surface area contributed by atoms with Crippen molar-refractivity contribution in [2.24, 2.45) is 0 Å². The number of esters is 1. The average molecular weight is 273 g/mol. The van der Waals surface area contributed by atoms with Gasteiger partial charge in [-0.1, -0.05) is 30.3 Å². The molecule has 1 unspecified atom stereocenters. The van der Waals surface area contributed by atoms with Crippen LogP contribution in [0.5, 0.6) is 0 Å². The molecule has 0 saturated carbocycles. The molecule has 3 nitrogen and oxygen atoms in total. The molecule has 0 aromatic heterocycles. The van der Waals surface area contributed by atoms with Gasteiger partial charge in [-0.2, -0.15) is 0 Å². The maximum Gasteiger partial charge on any atom is 0.313 e. The maximum atomic E-state index is 13.9. The average Bonchev–Trinajstić information content (AvgIpc) is 2.45. The van der Waals surface area contributed by atoms with Gasteiger partial charge in [0.15, 0.2) is 0 Å². The number of halogens is 1. The molecule has 2 N–H and O–H groups in total. The molecule has 0 radical (unpaired) electrons. The summed E-state index contributed by atoms with van der Waals surface area (Å²) in [4.78, 5) is 11.9. The van der Waals surface area contributed by atoms with Gasteiger partial charge in [0.1, 0.15) is 5.82 Å². The Morgan fingerprint density at radius 3 is 2.65 bits per heavy atom. The first-order valence-corrected chi connectivity index (χ1v) is 6.28. The van der Waals surface area contributed by atoms with Gasteiger partial charge in [0.2, 0.25) is 0 Å². The first-order chi connectivity index (χ1) is 9.61. The molecule has 0 fully saturated rings. The number of nitrogen functional groups attached to an aromatic ring is 1. The van der Waals surface area contributed by atoms with Gasteiger partial charge in [-0.25, -0.2) is 4.39 Å². The lowest BCUT2D eigenvalue weighted by Gasteiger charge is -2.16. The van der Waals surface area contributed by atoms with Gasteiger partial charge in [-0.3, -0.25) is 4.79 Å². The number of carbonyl (C=O) groups is 1. The Hall–Kier alpha value is -2.36. The first-order valence-electron chi connectivity index (χ1n) is 6.28. The SMILES string of the molecule is COC(=O)C(Cc1cccc(N)c1)c1ccccc1F. The smallest absolute Gasteiger partial charge is 0.313 e. The second-order valence-electron chi connectivity index (χ2n) is 4.55. The van der Waals surface area contributed by atoms with Gasteiger partial charge < -0.3 is 10.5 Å². The normalized spacial score (nSPS) is 11.9. The molecule has 0 heterocycles. The van der Waals surface area contributed by atoms with Crippen LogP contribution in [0, 0.1) is 5.82 Å². The number of nitrogens with two attached hydrogens (primary N) is 1. The molecule has 0 bridgehead atoms. The van der Waals surface area contributed by atoms with Crippen LogP contribution in [0.15, 0.2) is 48.5 Å². The highest BCUT2D eigenvalue weighted by Gasteiger charge is 2.24. The molecule has 0 aliphatic carbocycles. The van der Waals surface area contributed by atoms with Crippen molar-refractivity contribution in [3.63, 3.8) is 0 Å². The van der Waals surface area contributed by atoms with Crippen molar-refractivity contribution in [1.82, 2.24) is 0 Å². The summed E-state index contributed by atoms with van der Waals surface area (Å²) in [6, 6.07) is 13.4. The third kappa shape index (κ3) is 3.15. The number of carbonyl (C=O) groups excluding carboxylic acids is 1. The topological polar surface area (TPSA) is 52.3 Å². The van der Waals surface area contributed by atoms with Crippen LogP contribution in [0.25, 0.3) is 0 Å². The van der Waals surface area contributed by atoms with E-state index in [4.69, 9.17) is 10.5 Å². The van der Waals surface area contributed by atoms with Crippen LogP contribution in [0.4, 0.5) is 10.1 Å². The van der Waals surface area contributed by atoms with E-state index >= 15 is 0 Å². The fourth-order valence-electron chi connectivity index (χ4n) is 2.18. The number of hydrogen-bond acceptors (Lipinski definition) is 3. The van der Waals surface area contributed by atoms with E-state index in [0.717, 1.165) is 5.56 Å². The predicted molar refractivity (Wildman–Crippen MR) is 75.7 cm³/mol. The molecule has 2 aromatic rings. The Morgan fingerprint density at radius 2 is 2.00 bits per heavy atom. The monoisotopic (exact) mass is 273 g/mol. The molecule has 2 rings (SSSR count). The van der Waals surface area contributed by atoms with Crippen LogP contribution in [0.2, 0.25) is 0 Å². The van der Waals surface area contributed by atoms with Crippen molar-refractivity contribution in [3.8, 4) is 0 Å². The van der Waals surface area contributed by atoms with E-state index in [-0.39, 0.29) is 0 Å². The van der Waals surface area contributed by atoms with Gasteiger partial charge in [-0.05, 0) is 30.2 Å². The molecule has 0 saturated heterocycles. The van der Waals surface area contributed by atoms with E-state index in [1.807, 2.05) is 6.07 Å². The number of methoxy groups -OCH3 is 1. The molecule has 20 heavy (non-hydrogen) atoms. The van der Waals surface area contributed by atoms with Crippen molar-refractivity contribution in [2.75, 3.05) is 12.8 Å². The van der Waals surface area contributed by atoms with Crippen molar-refractivity contribution in [2.45, 2.75) is 12.3 Å². The van der Waals surface area contributed by atoms with Crippen LogP contribution in [0.1, 0.15) is 17.0 Å². The van der Waals surface area contributed by atoms with E-state index in [1.54, 1.807) is 36.4 Å². The lowest BCUT2D eigenvalue weighted by molar-refractivity contribution is -0.142. The Morgan fingerprint density at radius 1 is 1.25 bits per heavy atom. The van der Waals surface area contributed by atoms with Crippen LogP contribution in [-0.2, 0) is 16.0 Å². The third-order valence-corrected chi connectivity index (χ3v) is 3.16. The van der Waals surface area contributed by atoms with Gasteiger partial charge in [0.25, 0.3) is 0 Å². The van der Waals surface area contributed by atoms with Crippen molar-refractivity contribution >= 4 is 11.7 Å². The number of hydrogen-bond donors (Lipinski definition) is 1. The fourth-order valence-corrected chi connectivity index (χ4v) is 2.18. The molecule has 1 atom stereocenters. The summed E-state index contributed by atoms with van der Waals surface area (Å²) in [6.45, 7) is 0. The van der Waals surface area contributed by atoms with Gasteiger partial charge in [0, 0.05) is 11.3 Å². The second-order valence-corrected chi connectivity index (χ2v) is 4.55. The van der Waals surface area contributed by atoms with Gasteiger partial charge >= 0.3 is 5.97 Å². The highest BCUT2D eigenvalue weighted by atomic mass is 19.1. The highest BCUT2D eigenvalue weighted by molar-refractivity contribution is 5.78. The number of benzene rings is 2. The van der Waals surface area contributed by atoms with E-state index in [2.05, 4.69) is 0 Å². The Bertz CT molecular complexity index is 613. The summed E-state index contributed by atoms with van der Waals surface area (Å²) in [5, 5.41) is 0. The highest BCUT2D eigenvalue weighted by Crippen LogP contribution is 2.25. The zero-order valence-corrected chi connectivity index (χ0v) is 11.2. The summed E-state index contributed by atoms with van der Waals surface area (Å²) in [6.07, 6.45) is 0.346. The van der Waals surface area contributed by atoms with Crippen LogP contribution in [-0.4, -0.2) is 13.1 Å². The Kier molecular flexibility index (Phi) is 4.35. The molecule has 0 amide bonds. The molecule has 0 aliphatic rings. The fraction of sp³-hybridized carbons (Fsp3) is 0.188. The number of anilines is 1. The Balaban J connectivity index is 2.34. The van der Waals surface area contributed by atoms with Crippen molar-refractivity contribution in [1.29, 1.82) is 0 Å². The van der Waals surface area contributed by atoms with Gasteiger partial charge in [-0.15, -0.1) is 0 Å². The molecular weight excluding hydrogens is 257 g/mol. The summed E-state index contributed by atoms with van der Waals surface area (Å²) < 4.78 is 18.7. The molecule has 0 spiro atoms. The minimum absolute atomic E-state index is 0.335. The van der Waals surface area contributed by atoms with Crippen molar-refractivity contribution < 1.29 is 13.9 Å². The summed E-state index contributed by atoms with van der Waals surface area (Å²) in [5.41, 5.74) is 7.53. The molecular formula is C16H16FNO2. The standard InChI is InChI=1S/C16H16FNO2/c1-20-16(19)14(13-7-2-3-8-15(13)17)10-11-5-4-6-12(18)9-11/h2-9,14H,10,18H2,1H3. The zero-order chi connectivity index (χ0) is 14.5. The Labute approximate surface area is 117 Å². The van der Waals surface area contributed by atoms with Crippen LogP contribution < -0.4 is 5.73 Å². The van der Waals surface area contributed by atoms with Crippen LogP contribution in [0.3, 0.4) is 0 Å². The number of rotatable bonds is 4. The van der Waals surface area contributed by atoms with Crippen LogP contribution >= 0.6 is 0 Å². The second kappa shape index (κ2) is 6.19. The number of ether oxygens (including phenoxy) is 1. The van der Waals surface area contributed by atoms with E-state index < -0.39 is 17.7 Å². The quantitative estimate of drug-likeness (QED) is 0.688. The summed E-state index contributed by atoms with van der Waals surface area (Å²) >= 11 is 0. The summed E-state index contributed by atoms with van der Waals surface area (Å²) in [7, 11) is 1.30. The van der Waals surface area contributed by atoms with Crippen molar-refractivity contribution in [3.05, 3.63) is 65.5 Å². The lowest BCUT2D eigenvalue weighted by atomic mass is 9.91. The first kappa shape index (κ1) is 14.1. The molecule has 0 aliphatic heterocycles. The third-order valence-electron chi connectivity index (χ3n) is 3.16. The minimum atomic E-state index is -0.678. The zero-order valence-electron chi connectivity index (χ0n) is 11.2. The predicted octanol–water partition coefficient (Wildman–Crippen LogP) is 2.91. The summed E-state index contributed by atoms with van der Waals surface area (Å²) in [5.74, 6) is -1.55. The molecule has 2 aromatic carbocycles. The van der Waals surface area contributed by atoms with Gasteiger partial charge in [0.05, 0.1) is 13.0 Å². The van der Waals surface area contributed by atoms with E-state index in [0.29, 0.717) is 17.7 Å². The molecule has 104 valence electrons. The van der Waals surface area contributed by atoms with E-state index in [1.165, 1.54) is 13.2 Å². The lowest BCUT2D eigenvalue weighted by Crippen LogP contribution is -2.18. The maximum absolute atomic E-state index is 13.9. The molecule has 4 heteroatoms. The van der Waals surface area contributed by atoms with E-state index in [9.17, 15) is 9.18 Å².